The SMILES string of the molecule is CCSc1nc(-c2ccc(Cl)cc2Cl)[nH]c(=O)c1[P+](c1ccccc1)(c1ccccc1)c1ccccc1. The topological polar surface area (TPSA) is 45.8 Å². The maximum atomic E-state index is 14.3. The average Bonchev–Trinajstić information content (AvgIpc) is 2.92. The number of hydrogen-bond donors (Lipinski definition) is 1. The number of thioether (sulfide) groups is 1. The molecule has 0 spiro atoms. The number of benzene rings is 4. The summed E-state index contributed by atoms with van der Waals surface area (Å²) in [6.07, 6.45) is 0. The molecule has 0 aliphatic heterocycles. The molecule has 5 rings (SSSR count). The van der Waals surface area contributed by atoms with Crippen LogP contribution in [0.15, 0.2) is 119 Å². The predicted molar refractivity (Wildman–Crippen MR) is 161 cm³/mol. The first-order chi connectivity index (χ1) is 18.1. The molecule has 1 heterocycles. The Labute approximate surface area is 231 Å². The Morgan fingerprint density at radius 3 is 1.76 bits per heavy atom. The molecule has 4 aromatic carbocycles. The summed E-state index contributed by atoms with van der Waals surface area (Å²) in [5, 5.41) is 5.64. The number of hydrogen-bond acceptors (Lipinski definition) is 3. The quantitative estimate of drug-likeness (QED) is 0.140. The van der Waals surface area contributed by atoms with E-state index in [1.807, 2.05) is 54.6 Å². The normalized spacial score (nSPS) is 11.4. The molecular weight excluding hydrogens is 538 g/mol. The van der Waals surface area contributed by atoms with Crippen LogP contribution in [0.3, 0.4) is 0 Å². The minimum Gasteiger partial charge on any atom is -0.303 e. The van der Waals surface area contributed by atoms with Crippen LogP contribution in [0.2, 0.25) is 10.0 Å². The summed E-state index contributed by atoms with van der Waals surface area (Å²) in [6, 6.07) is 36.1. The maximum Gasteiger partial charge on any atom is 0.296 e. The summed E-state index contributed by atoms with van der Waals surface area (Å²) in [6.45, 7) is 2.07. The summed E-state index contributed by atoms with van der Waals surface area (Å²) < 4.78 is 0. The molecule has 1 aromatic heterocycles. The van der Waals surface area contributed by atoms with E-state index in [1.165, 1.54) is 0 Å². The monoisotopic (exact) mass is 561 g/mol. The predicted octanol–water partition coefficient (Wildman–Crippen LogP) is 6.48. The van der Waals surface area contributed by atoms with Crippen LogP contribution in [0.1, 0.15) is 6.92 Å². The van der Waals surface area contributed by atoms with Gasteiger partial charge in [-0.05, 0) is 60.4 Å². The Bertz CT molecular complexity index is 1480. The third-order valence-corrected chi connectivity index (χ3v) is 12.0. The molecule has 184 valence electrons. The fourth-order valence-electron chi connectivity index (χ4n) is 4.58. The Kier molecular flexibility index (Phi) is 7.83. The lowest BCUT2D eigenvalue weighted by Gasteiger charge is -2.28. The number of aromatic amines is 1. The standard InChI is InChI=1S/C30H23Cl2N2OPS/c1-2-37-30-27(29(35)33-28(34-30)25-19-18-21(31)20-26(25)32)36(22-12-6-3-7-13-22,23-14-8-4-9-15-23)24-16-10-5-11-17-24/h3-20H,2H2,1H3/p+1. The number of rotatable bonds is 7. The Morgan fingerprint density at radius 1 is 0.784 bits per heavy atom. The Hall–Kier alpha value is -2.88. The molecule has 0 aliphatic rings. The molecule has 37 heavy (non-hydrogen) atoms. The van der Waals surface area contributed by atoms with Crippen molar-refractivity contribution in [2.24, 2.45) is 0 Å². The van der Waals surface area contributed by atoms with Gasteiger partial charge < -0.3 is 4.98 Å². The van der Waals surface area contributed by atoms with Gasteiger partial charge in [0.15, 0.2) is 7.26 Å². The molecule has 0 bridgehead atoms. The van der Waals surface area contributed by atoms with Gasteiger partial charge in [0.05, 0.1) is 5.02 Å². The highest BCUT2D eigenvalue weighted by Crippen LogP contribution is 2.54. The summed E-state index contributed by atoms with van der Waals surface area (Å²) >= 11 is 14.2. The highest BCUT2D eigenvalue weighted by Gasteiger charge is 2.52. The van der Waals surface area contributed by atoms with Gasteiger partial charge in [0.2, 0.25) is 5.30 Å². The van der Waals surface area contributed by atoms with Gasteiger partial charge >= 0.3 is 0 Å². The number of nitrogens with zero attached hydrogens (tertiary/aromatic N) is 1. The molecule has 0 radical (unpaired) electrons. The van der Waals surface area contributed by atoms with Crippen molar-refractivity contribution in [3.8, 4) is 11.4 Å². The average molecular weight is 562 g/mol. The van der Waals surface area contributed by atoms with Crippen LogP contribution >= 0.6 is 42.2 Å². The highest BCUT2D eigenvalue weighted by molar-refractivity contribution is 8.04. The molecule has 0 atom stereocenters. The first-order valence-electron chi connectivity index (χ1n) is 11.8. The van der Waals surface area contributed by atoms with Crippen LogP contribution in [0.5, 0.6) is 0 Å². The van der Waals surface area contributed by atoms with E-state index in [-0.39, 0.29) is 5.56 Å². The second kappa shape index (κ2) is 11.2. The fourth-order valence-corrected chi connectivity index (χ4v) is 10.6. The zero-order chi connectivity index (χ0) is 25.8. The number of aromatic nitrogens is 2. The molecule has 0 fully saturated rings. The molecule has 0 saturated heterocycles. The second-order valence-corrected chi connectivity index (χ2v) is 13.7. The van der Waals surface area contributed by atoms with Gasteiger partial charge in [-0.1, -0.05) is 84.7 Å². The van der Waals surface area contributed by atoms with Gasteiger partial charge in [-0.15, -0.1) is 11.8 Å². The number of nitrogens with one attached hydrogen (secondary N) is 1. The van der Waals surface area contributed by atoms with Gasteiger partial charge in [0.25, 0.3) is 5.56 Å². The van der Waals surface area contributed by atoms with Gasteiger partial charge in [-0.25, -0.2) is 4.98 Å². The minimum atomic E-state index is -2.62. The highest BCUT2D eigenvalue weighted by atomic mass is 35.5. The van der Waals surface area contributed by atoms with Gasteiger partial charge in [-0.3, -0.25) is 4.79 Å². The molecule has 0 unspecified atom stereocenters. The lowest BCUT2D eigenvalue weighted by Crippen LogP contribution is -2.46. The number of halogens is 2. The van der Waals surface area contributed by atoms with E-state index >= 15 is 0 Å². The lowest BCUT2D eigenvalue weighted by atomic mass is 10.2. The largest absolute Gasteiger partial charge is 0.303 e. The Balaban J connectivity index is 1.91. The van der Waals surface area contributed by atoms with Crippen molar-refractivity contribution in [2.75, 3.05) is 5.75 Å². The van der Waals surface area contributed by atoms with Crippen molar-refractivity contribution >= 4 is 63.4 Å². The first kappa shape index (κ1) is 25.8. The summed E-state index contributed by atoms with van der Waals surface area (Å²) in [5.74, 6) is 1.19. The van der Waals surface area contributed by atoms with E-state index < -0.39 is 7.26 Å². The Morgan fingerprint density at radius 2 is 1.30 bits per heavy atom. The van der Waals surface area contributed by atoms with Gasteiger partial charge in [0, 0.05) is 10.6 Å². The van der Waals surface area contributed by atoms with Crippen LogP contribution in [-0.4, -0.2) is 15.7 Å². The number of H-pyrrole nitrogens is 1. The molecule has 7 heteroatoms. The molecule has 5 aromatic rings. The van der Waals surface area contributed by atoms with Crippen molar-refractivity contribution in [3.05, 3.63) is 130 Å². The van der Waals surface area contributed by atoms with Gasteiger partial charge in [-0.2, -0.15) is 0 Å². The van der Waals surface area contributed by atoms with Crippen molar-refractivity contribution in [2.45, 2.75) is 11.9 Å². The summed E-state index contributed by atoms with van der Waals surface area (Å²) in [7, 11) is -2.62. The summed E-state index contributed by atoms with van der Waals surface area (Å²) in [5.41, 5.74) is 0.465. The molecule has 0 aliphatic carbocycles. The van der Waals surface area contributed by atoms with Crippen molar-refractivity contribution in [1.82, 2.24) is 9.97 Å². The first-order valence-corrected chi connectivity index (χ1v) is 15.4. The van der Waals surface area contributed by atoms with Crippen molar-refractivity contribution in [3.63, 3.8) is 0 Å². The van der Waals surface area contributed by atoms with Crippen molar-refractivity contribution in [1.29, 1.82) is 0 Å². The molecule has 1 N–H and O–H groups in total. The zero-order valence-electron chi connectivity index (χ0n) is 20.1. The third kappa shape index (κ3) is 4.87. The zero-order valence-corrected chi connectivity index (χ0v) is 23.3. The lowest BCUT2D eigenvalue weighted by molar-refractivity contribution is 1.05. The van der Waals surface area contributed by atoms with Crippen LogP contribution < -0.4 is 26.8 Å². The fraction of sp³-hybridized carbons (Fsp3) is 0.0667. The van der Waals surface area contributed by atoms with E-state index in [0.717, 1.165) is 21.7 Å². The third-order valence-electron chi connectivity index (χ3n) is 6.10. The van der Waals surface area contributed by atoms with Crippen molar-refractivity contribution < 1.29 is 0 Å². The van der Waals surface area contributed by atoms with E-state index in [2.05, 4.69) is 48.3 Å². The van der Waals surface area contributed by atoms with Crippen LogP contribution in [0.25, 0.3) is 11.4 Å². The molecule has 0 saturated carbocycles. The van der Waals surface area contributed by atoms with Crippen LogP contribution in [0, 0.1) is 0 Å². The minimum absolute atomic E-state index is 0.170. The van der Waals surface area contributed by atoms with E-state index in [9.17, 15) is 4.79 Å². The molecular formula is C30H24Cl2N2OPS+. The second-order valence-electron chi connectivity index (χ2n) is 8.30. The maximum absolute atomic E-state index is 14.3. The van der Waals surface area contributed by atoms with E-state index in [0.29, 0.717) is 31.8 Å². The smallest absolute Gasteiger partial charge is 0.296 e. The van der Waals surface area contributed by atoms with Crippen LogP contribution in [-0.2, 0) is 0 Å². The van der Waals surface area contributed by atoms with Gasteiger partial charge in [0.1, 0.15) is 26.8 Å². The molecule has 0 amide bonds. The summed E-state index contributed by atoms with van der Waals surface area (Å²) in [4.78, 5) is 22.4. The van der Waals surface area contributed by atoms with E-state index in [1.54, 1.807) is 30.0 Å². The van der Waals surface area contributed by atoms with Crippen LogP contribution in [0.4, 0.5) is 0 Å². The molecule has 3 nitrogen and oxygen atoms in total. The van der Waals surface area contributed by atoms with E-state index in [4.69, 9.17) is 28.2 Å².